The van der Waals surface area contributed by atoms with E-state index in [9.17, 15) is 9.90 Å². The average molecular weight is 320 g/mol. The second kappa shape index (κ2) is 7.79. The fraction of sp³-hybridized carbons (Fsp3) is 0.611. The summed E-state index contributed by atoms with van der Waals surface area (Å²) in [5, 5.41) is 13.3. The van der Waals surface area contributed by atoms with Crippen molar-refractivity contribution in [1.82, 2.24) is 10.2 Å². The number of amides is 1. The van der Waals surface area contributed by atoms with Gasteiger partial charge in [-0.05, 0) is 39.2 Å². The van der Waals surface area contributed by atoms with E-state index in [1.165, 1.54) is 5.56 Å². The summed E-state index contributed by atoms with van der Waals surface area (Å²) in [5.41, 5.74) is 0.697. The fourth-order valence-electron chi connectivity index (χ4n) is 2.76. The summed E-state index contributed by atoms with van der Waals surface area (Å²) < 4.78 is 5.48. The van der Waals surface area contributed by atoms with E-state index in [4.69, 9.17) is 4.74 Å². The number of carbonyl (C=O) groups is 1. The van der Waals surface area contributed by atoms with Gasteiger partial charge in [-0.1, -0.05) is 30.3 Å². The number of nitrogens with one attached hydrogen (secondary N) is 1. The van der Waals surface area contributed by atoms with Crippen LogP contribution in [0.1, 0.15) is 39.2 Å². The average Bonchev–Trinajstić information content (AvgIpc) is 2.46. The summed E-state index contributed by atoms with van der Waals surface area (Å²) in [6.07, 6.45) is 0.545. The zero-order valence-corrected chi connectivity index (χ0v) is 14.3. The predicted molar refractivity (Wildman–Crippen MR) is 90.1 cm³/mol. The molecule has 0 aromatic heterocycles. The number of ether oxygens (including phenoxy) is 1. The highest BCUT2D eigenvalue weighted by molar-refractivity contribution is 5.68. The molecule has 1 amide bonds. The second-order valence-electron chi connectivity index (χ2n) is 7.12. The van der Waals surface area contributed by atoms with Crippen LogP contribution in [-0.2, 0) is 11.3 Å². The monoisotopic (exact) mass is 320 g/mol. The molecule has 1 saturated heterocycles. The van der Waals surface area contributed by atoms with Gasteiger partial charge in [0.2, 0.25) is 0 Å². The second-order valence-corrected chi connectivity index (χ2v) is 7.12. The molecular formula is C18H28N2O3. The fourth-order valence-corrected chi connectivity index (χ4v) is 2.76. The number of aliphatic hydroxyl groups excluding tert-OH is 1. The minimum Gasteiger partial charge on any atom is -0.444 e. The zero-order valence-electron chi connectivity index (χ0n) is 14.3. The van der Waals surface area contributed by atoms with Gasteiger partial charge in [-0.25, -0.2) is 4.79 Å². The Balaban J connectivity index is 1.90. The first-order valence-corrected chi connectivity index (χ1v) is 8.27. The molecule has 23 heavy (non-hydrogen) atoms. The summed E-state index contributed by atoms with van der Waals surface area (Å²) in [6, 6.07) is 10.1. The number of nitrogens with zero attached hydrogens (tertiary/aromatic N) is 1. The molecular weight excluding hydrogens is 292 g/mol. The number of aliphatic hydroxyl groups is 1. The zero-order chi connectivity index (χ0) is 16.9. The van der Waals surface area contributed by atoms with Crippen molar-refractivity contribution < 1.29 is 14.6 Å². The van der Waals surface area contributed by atoms with Crippen molar-refractivity contribution in [2.45, 2.75) is 57.9 Å². The molecule has 2 unspecified atom stereocenters. The van der Waals surface area contributed by atoms with Gasteiger partial charge in [-0.3, -0.25) is 0 Å². The third kappa shape index (κ3) is 5.84. The van der Waals surface area contributed by atoms with E-state index in [0.29, 0.717) is 25.9 Å². The van der Waals surface area contributed by atoms with Gasteiger partial charge in [-0.2, -0.15) is 0 Å². The number of hydrogen-bond acceptors (Lipinski definition) is 4. The van der Waals surface area contributed by atoms with Crippen LogP contribution in [0, 0.1) is 0 Å². The number of carbonyl (C=O) groups excluding carboxylic acids is 1. The third-order valence-electron chi connectivity index (χ3n) is 3.87. The van der Waals surface area contributed by atoms with Crippen LogP contribution >= 0.6 is 0 Å². The first-order chi connectivity index (χ1) is 10.8. The molecule has 1 aliphatic heterocycles. The quantitative estimate of drug-likeness (QED) is 0.895. The van der Waals surface area contributed by atoms with Gasteiger partial charge < -0.3 is 20.1 Å². The van der Waals surface area contributed by atoms with Gasteiger partial charge in [0, 0.05) is 25.7 Å². The molecule has 2 N–H and O–H groups in total. The van der Waals surface area contributed by atoms with Crippen molar-refractivity contribution in [3.05, 3.63) is 35.9 Å². The lowest BCUT2D eigenvalue weighted by Gasteiger charge is -2.38. The van der Waals surface area contributed by atoms with Crippen LogP contribution in [0.25, 0.3) is 0 Å². The van der Waals surface area contributed by atoms with Crippen LogP contribution in [-0.4, -0.2) is 46.9 Å². The Labute approximate surface area is 138 Å². The molecule has 128 valence electrons. The highest BCUT2D eigenvalue weighted by Gasteiger charge is 2.33. The summed E-state index contributed by atoms with van der Waals surface area (Å²) in [7, 11) is 0. The smallest absolute Gasteiger partial charge is 0.410 e. The Morgan fingerprint density at radius 2 is 2.04 bits per heavy atom. The summed E-state index contributed by atoms with van der Waals surface area (Å²) in [5.74, 6) is 0. The largest absolute Gasteiger partial charge is 0.444 e. The van der Waals surface area contributed by atoms with Crippen molar-refractivity contribution in [3.63, 3.8) is 0 Å². The molecule has 1 heterocycles. The maximum atomic E-state index is 12.4. The molecule has 1 fully saturated rings. The van der Waals surface area contributed by atoms with Gasteiger partial charge >= 0.3 is 6.09 Å². The molecule has 0 aliphatic carbocycles. The Kier molecular flexibility index (Phi) is 6.02. The Morgan fingerprint density at radius 3 is 2.70 bits per heavy atom. The van der Waals surface area contributed by atoms with E-state index in [2.05, 4.69) is 17.4 Å². The minimum atomic E-state index is -0.505. The Morgan fingerprint density at radius 1 is 1.35 bits per heavy atom. The molecule has 1 aliphatic rings. The third-order valence-corrected chi connectivity index (χ3v) is 3.87. The van der Waals surface area contributed by atoms with Crippen molar-refractivity contribution in [3.8, 4) is 0 Å². The highest BCUT2D eigenvalue weighted by atomic mass is 16.6. The van der Waals surface area contributed by atoms with Gasteiger partial charge in [0.25, 0.3) is 0 Å². The normalized spacial score (nSPS) is 22.0. The van der Waals surface area contributed by atoms with E-state index in [-0.39, 0.29) is 18.2 Å². The molecule has 1 aromatic carbocycles. The number of benzene rings is 1. The lowest BCUT2D eigenvalue weighted by atomic mass is 9.99. The van der Waals surface area contributed by atoms with Gasteiger partial charge in [0.15, 0.2) is 0 Å². The van der Waals surface area contributed by atoms with Crippen molar-refractivity contribution in [2.24, 2.45) is 0 Å². The van der Waals surface area contributed by atoms with Crippen LogP contribution in [0.2, 0.25) is 0 Å². The molecule has 5 heteroatoms. The van der Waals surface area contributed by atoms with Gasteiger partial charge in [0.05, 0.1) is 6.10 Å². The van der Waals surface area contributed by atoms with Crippen LogP contribution in [0.5, 0.6) is 0 Å². The maximum absolute atomic E-state index is 12.4. The minimum absolute atomic E-state index is 0.0442. The van der Waals surface area contributed by atoms with E-state index >= 15 is 0 Å². The van der Waals surface area contributed by atoms with Crippen molar-refractivity contribution in [1.29, 1.82) is 0 Å². The van der Waals surface area contributed by atoms with E-state index in [1.54, 1.807) is 4.90 Å². The first-order valence-electron chi connectivity index (χ1n) is 8.27. The molecule has 0 radical (unpaired) electrons. The lowest BCUT2D eigenvalue weighted by Crippen LogP contribution is -2.52. The topological polar surface area (TPSA) is 61.8 Å². The van der Waals surface area contributed by atoms with Crippen molar-refractivity contribution in [2.75, 3.05) is 13.1 Å². The molecule has 0 spiro atoms. The van der Waals surface area contributed by atoms with Crippen molar-refractivity contribution >= 4 is 6.09 Å². The van der Waals surface area contributed by atoms with E-state index in [1.807, 2.05) is 39.0 Å². The SMILES string of the molecule is CC(C)(C)OC(=O)N1CCC(O)CC1CNCc1ccccc1. The lowest BCUT2D eigenvalue weighted by molar-refractivity contribution is -0.00763. The molecule has 5 nitrogen and oxygen atoms in total. The molecule has 2 atom stereocenters. The van der Waals surface area contributed by atoms with Crippen LogP contribution in [0.15, 0.2) is 30.3 Å². The Hall–Kier alpha value is -1.59. The highest BCUT2D eigenvalue weighted by Crippen LogP contribution is 2.20. The van der Waals surface area contributed by atoms with Gasteiger partial charge in [-0.15, -0.1) is 0 Å². The van der Waals surface area contributed by atoms with Crippen LogP contribution in [0.4, 0.5) is 4.79 Å². The number of rotatable bonds is 4. The molecule has 2 rings (SSSR count). The first kappa shape index (κ1) is 17.8. The summed E-state index contributed by atoms with van der Waals surface area (Å²) in [6.45, 7) is 7.53. The molecule has 1 aromatic rings. The number of hydrogen-bond donors (Lipinski definition) is 2. The van der Waals surface area contributed by atoms with Crippen LogP contribution in [0.3, 0.4) is 0 Å². The molecule has 0 bridgehead atoms. The summed E-state index contributed by atoms with van der Waals surface area (Å²) >= 11 is 0. The predicted octanol–water partition coefficient (Wildman–Crippen LogP) is 2.54. The van der Waals surface area contributed by atoms with E-state index in [0.717, 1.165) is 6.54 Å². The number of likely N-dealkylation sites (tertiary alicyclic amines) is 1. The maximum Gasteiger partial charge on any atom is 0.410 e. The summed E-state index contributed by atoms with van der Waals surface area (Å²) in [4.78, 5) is 14.1. The Bertz CT molecular complexity index is 499. The van der Waals surface area contributed by atoms with Gasteiger partial charge in [0.1, 0.15) is 5.60 Å². The number of piperidine rings is 1. The standard InChI is InChI=1S/C18H28N2O3/c1-18(2,3)23-17(22)20-10-9-16(21)11-15(20)13-19-12-14-7-5-4-6-8-14/h4-8,15-16,19,21H,9-13H2,1-3H3. The molecule has 0 saturated carbocycles. The van der Waals surface area contributed by atoms with E-state index < -0.39 is 5.60 Å². The van der Waals surface area contributed by atoms with Crippen LogP contribution < -0.4 is 5.32 Å².